The van der Waals surface area contributed by atoms with E-state index in [2.05, 4.69) is 5.32 Å². The lowest BCUT2D eigenvalue weighted by atomic mass is 10.1. The van der Waals surface area contributed by atoms with Gasteiger partial charge >= 0.3 is 0 Å². The molecule has 0 aromatic rings. The second-order valence-corrected chi connectivity index (χ2v) is 5.23. The van der Waals surface area contributed by atoms with Crippen LogP contribution >= 0.6 is 0 Å². The van der Waals surface area contributed by atoms with Gasteiger partial charge in [0.1, 0.15) is 0 Å². The van der Waals surface area contributed by atoms with Crippen LogP contribution in [0.15, 0.2) is 0 Å². The summed E-state index contributed by atoms with van der Waals surface area (Å²) < 4.78 is 5.44. The third kappa shape index (κ3) is 2.99. The Balaban J connectivity index is 1.83. The molecule has 1 aliphatic carbocycles. The van der Waals surface area contributed by atoms with Gasteiger partial charge in [-0.3, -0.25) is 4.79 Å². The predicted molar refractivity (Wildman–Crippen MR) is 66.8 cm³/mol. The SMILES string of the molecule is COC1CCCC1NC(C)C(=O)N1CCCC1. The minimum atomic E-state index is -0.0751. The first-order chi connectivity index (χ1) is 8.22. The average Bonchev–Trinajstić information content (AvgIpc) is 2.98. The van der Waals surface area contributed by atoms with Crippen molar-refractivity contribution in [3.63, 3.8) is 0 Å². The summed E-state index contributed by atoms with van der Waals surface area (Å²) in [6, 6.07) is 0.274. The third-order valence-corrected chi connectivity index (χ3v) is 4.01. The third-order valence-electron chi connectivity index (χ3n) is 4.01. The van der Waals surface area contributed by atoms with Crippen molar-refractivity contribution >= 4 is 5.91 Å². The maximum absolute atomic E-state index is 12.2. The van der Waals surface area contributed by atoms with Gasteiger partial charge in [0.25, 0.3) is 0 Å². The average molecular weight is 240 g/mol. The van der Waals surface area contributed by atoms with Crippen molar-refractivity contribution < 1.29 is 9.53 Å². The number of carbonyl (C=O) groups is 1. The number of nitrogens with one attached hydrogen (secondary N) is 1. The van der Waals surface area contributed by atoms with Crippen LogP contribution in [-0.4, -0.2) is 49.2 Å². The Bertz CT molecular complexity index is 264. The Morgan fingerprint density at radius 1 is 1.29 bits per heavy atom. The van der Waals surface area contributed by atoms with E-state index in [1.54, 1.807) is 7.11 Å². The van der Waals surface area contributed by atoms with E-state index in [0.717, 1.165) is 38.8 Å². The maximum atomic E-state index is 12.2. The molecule has 0 radical (unpaired) electrons. The molecule has 1 saturated carbocycles. The van der Waals surface area contributed by atoms with Crippen LogP contribution in [0.3, 0.4) is 0 Å². The number of hydrogen-bond donors (Lipinski definition) is 1. The van der Waals surface area contributed by atoms with Crippen LogP contribution in [0.1, 0.15) is 39.0 Å². The number of nitrogens with zero attached hydrogens (tertiary/aromatic N) is 1. The lowest BCUT2D eigenvalue weighted by Gasteiger charge is -2.26. The van der Waals surface area contributed by atoms with Crippen LogP contribution in [0.5, 0.6) is 0 Å². The van der Waals surface area contributed by atoms with E-state index in [0.29, 0.717) is 6.04 Å². The van der Waals surface area contributed by atoms with Crippen molar-refractivity contribution in [2.24, 2.45) is 0 Å². The first-order valence-electron chi connectivity index (χ1n) is 6.80. The normalized spacial score (nSPS) is 30.8. The smallest absolute Gasteiger partial charge is 0.239 e. The minimum absolute atomic E-state index is 0.0751. The Morgan fingerprint density at radius 3 is 2.65 bits per heavy atom. The fourth-order valence-corrected chi connectivity index (χ4v) is 3.00. The molecular weight excluding hydrogens is 216 g/mol. The molecule has 0 spiro atoms. The van der Waals surface area contributed by atoms with Crippen LogP contribution in [0.25, 0.3) is 0 Å². The largest absolute Gasteiger partial charge is 0.380 e. The highest BCUT2D eigenvalue weighted by molar-refractivity contribution is 5.81. The van der Waals surface area contributed by atoms with Crippen molar-refractivity contribution in [2.75, 3.05) is 20.2 Å². The van der Waals surface area contributed by atoms with Crippen LogP contribution < -0.4 is 5.32 Å². The molecule has 2 aliphatic rings. The molecule has 1 amide bonds. The number of ether oxygens (including phenoxy) is 1. The molecule has 3 unspecified atom stereocenters. The zero-order valence-corrected chi connectivity index (χ0v) is 10.9. The van der Waals surface area contributed by atoms with Gasteiger partial charge in [0.05, 0.1) is 12.1 Å². The number of amides is 1. The lowest BCUT2D eigenvalue weighted by molar-refractivity contribution is -0.132. The number of hydrogen-bond acceptors (Lipinski definition) is 3. The van der Waals surface area contributed by atoms with Gasteiger partial charge in [-0.15, -0.1) is 0 Å². The first-order valence-corrected chi connectivity index (χ1v) is 6.80. The summed E-state index contributed by atoms with van der Waals surface area (Å²) in [7, 11) is 1.76. The molecular formula is C13H24N2O2. The molecule has 0 aromatic heterocycles. The van der Waals surface area contributed by atoms with E-state index in [1.165, 1.54) is 6.42 Å². The summed E-state index contributed by atoms with van der Waals surface area (Å²) in [6.45, 7) is 3.85. The summed E-state index contributed by atoms with van der Waals surface area (Å²) in [5.74, 6) is 0.254. The molecule has 98 valence electrons. The van der Waals surface area contributed by atoms with Crippen molar-refractivity contribution in [1.29, 1.82) is 0 Å². The van der Waals surface area contributed by atoms with E-state index >= 15 is 0 Å². The van der Waals surface area contributed by atoms with E-state index in [-0.39, 0.29) is 18.1 Å². The van der Waals surface area contributed by atoms with Gasteiger partial charge in [-0.1, -0.05) is 0 Å². The Morgan fingerprint density at radius 2 is 2.00 bits per heavy atom. The minimum Gasteiger partial charge on any atom is -0.380 e. The summed E-state index contributed by atoms with van der Waals surface area (Å²) in [6.07, 6.45) is 6.02. The Kier molecular flexibility index (Phi) is 4.40. The number of rotatable bonds is 4. The molecule has 2 rings (SSSR count). The van der Waals surface area contributed by atoms with Gasteiger partial charge in [-0.25, -0.2) is 0 Å². The van der Waals surface area contributed by atoms with E-state index in [9.17, 15) is 4.79 Å². The lowest BCUT2D eigenvalue weighted by Crippen LogP contribution is -2.49. The summed E-state index contributed by atoms with van der Waals surface area (Å²) in [5.41, 5.74) is 0. The van der Waals surface area contributed by atoms with Crippen LogP contribution in [0.4, 0.5) is 0 Å². The molecule has 4 heteroatoms. The standard InChI is InChI=1S/C13H24N2O2/c1-10(13(16)15-8-3-4-9-15)14-11-6-5-7-12(11)17-2/h10-12,14H,3-9H2,1-2H3. The van der Waals surface area contributed by atoms with E-state index in [1.807, 2.05) is 11.8 Å². The number of carbonyl (C=O) groups excluding carboxylic acids is 1. The maximum Gasteiger partial charge on any atom is 0.239 e. The summed E-state index contributed by atoms with van der Waals surface area (Å²) in [4.78, 5) is 14.1. The molecule has 4 nitrogen and oxygen atoms in total. The number of likely N-dealkylation sites (tertiary alicyclic amines) is 1. The monoisotopic (exact) mass is 240 g/mol. The quantitative estimate of drug-likeness (QED) is 0.801. The van der Waals surface area contributed by atoms with Crippen LogP contribution in [0.2, 0.25) is 0 Å². The van der Waals surface area contributed by atoms with Gasteiger partial charge in [0, 0.05) is 26.2 Å². The highest BCUT2D eigenvalue weighted by atomic mass is 16.5. The topological polar surface area (TPSA) is 41.6 Å². The molecule has 0 bridgehead atoms. The first kappa shape index (κ1) is 12.8. The molecule has 1 aliphatic heterocycles. The highest BCUT2D eigenvalue weighted by Gasteiger charge is 2.31. The predicted octanol–water partition coefficient (Wildman–Crippen LogP) is 1.15. The van der Waals surface area contributed by atoms with Gasteiger partial charge in [-0.05, 0) is 39.0 Å². The van der Waals surface area contributed by atoms with Crippen LogP contribution in [0, 0.1) is 0 Å². The number of methoxy groups -OCH3 is 1. The fourth-order valence-electron chi connectivity index (χ4n) is 3.00. The molecule has 17 heavy (non-hydrogen) atoms. The van der Waals surface area contributed by atoms with E-state index in [4.69, 9.17) is 4.74 Å². The second kappa shape index (κ2) is 5.83. The summed E-state index contributed by atoms with van der Waals surface area (Å²) in [5, 5.41) is 3.44. The Labute approximate surface area is 104 Å². The summed E-state index contributed by atoms with van der Waals surface area (Å²) >= 11 is 0. The molecule has 1 heterocycles. The van der Waals surface area contributed by atoms with Crippen LogP contribution in [-0.2, 0) is 9.53 Å². The van der Waals surface area contributed by atoms with Gasteiger partial charge in [0.2, 0.25) is 5.91 Å². The fraction of sp³-hybridized carbons (Fsp3) is 0.923. The molecule has 1 N–H and O–H groups in total. The van der Waals surface area contributed by atoms with Crippen molar-refractivity contribution in [3.05, 3.63) is 0 Å². The highest BCUT2D eigenvalue weighted by Crippen LogP contribution is 2.22. The zero-order chi connectivity index (χ0) is 12.3. The van der Waals surface area contributed by atoms with Gasteiger partial charge in [0.15, 0.2) is 0 Å². The van der Waals surface area contributed by atoms with Gasteiger partial charge < -0.3 is 15.0 Å². The molecule has 3 atom stereocenters. The second-order valence-electron chi connectivity index (χ2n) is 5.23. The van der Waals surface area contributed by atoms with Gasteiger partial charge in [-0.2, -0.15) is 0 Å². The zero-order valence-electron chi connectivity index (χ0n) is 10.9. The molecule has 2 fully saturated rings. The van der Waals surface area contributed by atoms with Crippen molar-refractivity contribution in [3.8, 4) is 0 Å². The van der Waals surface area contributed by atoms with Crippen molar-refractivity contribution in [2.45, 2.75) is 57.2 Å². The molecule has 1 saturated heterocycles. The molecule has 0 aromatic carbocycles. The van der Waals surface area contributed by atoms with Crippen molar-refractivity contribution in [1.82, 2.24) is 10.2 Å². The van der Waals surface area contributed by atoms with E-state index < -0.39 is 0 Å². The Hall–Kier alpha value is -0.610.